The molecule has 13 nitrogen and oxygen atoms in total. The summed E-state index contributed by atoms with van der Waals surface area (Å²) in [4.78, 5) is 56.4. The SMILES string of the molecule is COC1=C2C[C@@H](C)C[C@H](OC)[C@H](O)[C@@H](C)/C=C(\C)[C@H](OC(N)=O)[C@@H](OC)/C=C\C=C(/C)C(=O)NC(=C(c3ccc(N4CCOCC4)cc3)C1=O)C2=O. The molecule has 0 saturated carbocycles. The van der Waals surface area contributed by atoms with Crippen molar-refractivity contribution in [3.05, 3.63) is 82.3 Å². The fourth-order valence-corrected chi connectivity index (χ4v) is 6.78. The number of hydrogen-bond acceptors (Lipinski definition) is 11. The number of Topliss-reactive ketones (excluding diaryl/α,β-unsaturated/α-hetero) is 2. The molecule has 6 atom stereocenters. The molecule has 2 heterocycles. The van der Waals surface area contributed by atoms with Crippen LogP contribution in [0, 0.1) is 11.8 Å². The number of rotatable bonds is 6. The van der Waals surface area contributed by atoms with E-state index in [1.807, 2.05) is 19.1 Å². The van der Waals surface area contributed by atoms with Gasteiger partial charge < -0.3 is 44.7 Å². The smallest absolute Gasteiger partial charge is 0.405 e. The van der Waals surface area contributed by atoms with Gasteiger partial charge in [0.15, 0.2) is 11.9 Å². The van der Waals surface area contributed by atoms with Crippen molar-refractivity contribution in [2.45, 2.75) is 65.0 Å². The molecule has 52 heavy (non-hydrogen) atoms. The quantitative estimate of drug-likeness (QED) is 0.288. The topological polar surface area (TPSA) is 176 Å². The maximum absolute atomic E-state index is 14.4. The van der Waals surface area contributed by atoms with Crippen molar-refractivity contribution in [3.8, 4) is 0 Å². The molecule has 0 radical (unpaired) electrons. The van der Waals surface area contributed by atoms with Crippen molar-refractivity contribution in [1.82, 2.24) is 5.32 Å². The summed E-state index contributed by atoms with van der Waals surface area (Å²) in [5.74, 6) is -2.54. The number of morpholine rings is 1. The van der Waals surface area contributed by atoms with Crippen LogP contribution in [0.4, 0.5) is 10.5 Å². The first-order valence-electron chi connectivity index (χ1n) is 17.4. The Morgan fingerprint density at radius 3 is 2.27 bits per heavy atom. The van der Waals surface area contributed by atoms with E-state index in [-0.39, 0.29) is 40.5 Å². The third kappa shape index (κ3) is 9.45. The molecule has 1 fully saturated rings. The van der Waals surface area contributed by atoms with Crippen molar-refractivity contribution in [3.63, 3.8) is 0 Å². The number of nitrogens with two attached hydrogens (primary N) is 1. The summed E-state index contributed by atoms with van der Waals surface area (Å²) in [6.07, 6.45) is 2.41. The average Bonchev–Trinajstić information content (AvgIpc) is 3.13. The standard InChI is InChI=1S/C39H51N3O10/c1-22-19-28-34(44)32(31(35(45)37(28)50-7)26-11-13-27(14-12-26)42-15-17-51-18-16-42)41-38(46)23(2)9-8-10-29(48-5)36(52-39(40)47)25(4)21-24(3)33(43)30(20-22)49-6/h8-14,21-22,24,29-30,33,36,43H,15-20H2,1-7H3,(H2,40,47)(H,41,46)/b10-8-,23-9+,25-21+/t22-,24+,29+,30+,33-,36+/m1/s1. The third-order valence-electron chi connectivity index (χ3n) is 9.64. The number of anilines is 1. The van der Waals surface area contributed by atoms with Crippen LogP contribution in [0.15, 0.2) is 76.7 Å². The van der Waals surface area contributed by atoms with Crippen LogP contribution in [-0.2, 0) is 38.1 Å². The fourth-order valence-electron chi connectivity index (χ4n) is 6.78. The summed E-state index contributed by atoms with van der Waals surface area (Å²) in [5.41, 5.74) is 7.55. The highest BCUT2D eigenvalue weighted by Crippen LogP contribution is 2.36. The van der Waals surface area contributed by atoms with Gasteiger partial charge in [0.25, 0.3) is 5.91 Å². The molecule has 2 amide bonds. The van der Waals surface area contributed by atoms with Gasteiger partial charge in [0.05, 0.1) is 38.1 Å². The van der Waals surface area contributed by atoms with Gasteiger partial charge in [-0.3, -0.25) is 14.4 Å². The molecule has 0 unspecified atom stereocenters. The molecule has 4 rings (SSSR count). The van der Waals surface area contributed by atoms with Crippen LogP contribution in [0.2, 0.25) is 0 Å². The van der Waals surface area contributed by atoms with E-state index in [0.717, 1.165) is 18.8 Å². The summed E-state index contributed by atoms with van der Waals surface area (Å²) >= 11 is 0. The Kier molecular flexibility index (Phi) is 14.1. The molecule has 0 spiro atoms. The minimum Gasteiger partial charge on any atom is -0.492 e. The van der Waals surface area contributed by atoms with E-state index in [4.69, 9.17) is 29.4 Å². The number of allylic oxidation sites excluding steroid dienone is 4. The van der Waals surface area contributed by atoms with E-state index in [1.54, 1.807) is 51.1 Å². The lowest BCUT2D eigenvalue weighted by molar-refractivity contribution is -0.120. The van der Waals surface area contributed by atoms with Gasteiger partial charge in [0.1, 0.15) is 11.8 Å². The molecule has 0 aromatic heterocycles. The molecular weight excluding hydrogens is 670 g/mol. The first-order chi connectivity index (χ1) is 24.8. The minimum atomic E-state index is -1.01. The zero-order chi connectivity index (χ0) is 38.1. The lowest BCUT2D eigenvalue weighted by atomic mass is 9.82. The number of primary amides is 1. The second-order valence-electron chi connectivity index (χ2n) is 13.4. The van der Waals surface area contributed by atoms with Crippen molar-refractivity contribution < 1.29 is 48.0 Å². The van der Waals surface area contributed by atoms with Crippen LogP contribution in [0.5, 0.6) is 0 Å². The van der Waals surface area contributed by atoms with Crippen LogP contribution < -0.4 is 16.0 Å². The normalized spacial score (nSPS) is 29.8. The number of carbonyl (C=O) groups is 4. The Morgan fingerprint density at radius 2 is 1.67 bits per heavy atom. The Hall–Kier alpha value is -4.56. The lowest BCUT2D eigenvalue weighted by Crippen LogP contribution is -2.37. The number of hydrogen-bond donors (Lipinski definition) is 3. The van der Waals surface area contributed by atoms with Crippen LogP contribution in [0.1, 0.15) is 46.1 Å². The number of ketones is 2. The van der Waals surface area contributed by atoms with Crippen LogP contribution in [0.3, 0.4) is 0 Å². The second-order valence-corrected chi connectivity index (χ2v) is 13.4. The van der Waals surface area contributed by atoms with Crippen molar-refractivity contribution in [1.29, 1.82) is 0 Å². The van der Waals surface area contributed by atoms with Gasteiger partial charge >= 0.3 is 6.09 Å². The van der Waals surface area contributed by atoms with Gasteiger partial charge in [-0.2, -0.15) is 0 Å². The van der Waals surface area contributed by atoms with Crippen LogP contribution >= 0.6 is 0 Å². The Morgan fingerprint density at radius 1 is 1.00 bits per heavy atom. The van der Waals surface area contributed by atoms with E-state index < -0.39 is 53.9 Å². The molecule has 1 aromatic rings. The summed E-state index contributed by atoms with van der Waals surface area (Å²) < 4.78 is 27.9. The van der Waals surface area contributed by atoms with E-state index in [0.29, 0.717) is 30.8 Å². The van der Waals surface area contributed by atoms with E-state index in [9.17, 15) is 24.3 Å². The number of aliphatic hydroxyl groups excluding tert-OH is 1. The van der Waals surface area contributed by atoms with Gasteiger partial charge in [0, 0.05) is 50.1 Å². The summed E-state index contributed by atoms with van der Waals surface area (Å²) in [5, 5.41) is 14.1. The molecule has 282 valence electrons. The zero-order valence-corrected chi connectivity index (χ0v) is 31.0. The number of ether oxygens (including phenoxy) is 5. The number of carbonyl (C=O) groups excluding carboxylic acids is 4. The Bertz CT molecular complexity index is 1650. The molecule has 2 bridgehead atoms. The summed E-state index contributed by atoms with van der Waals surface area (Å²) in [7, 11) is 4.27. The molecule has 3 aliphatic rings. The van der Waals surface area contributed by atoms with Gasteiger partial charge in [-0.05, 0) is 55.9 Å². The van der Waals surface area contributed by atoms with Crippen molar-refractivity contribution in [2.75, 3.05) is 52.5 Å². The zero-order valence-electron chi connectivity index (χ0n) is 31.0. The number of benzene rings is 1. The van der Waals surface area contributed by atoms with Gasteiger partial charge in [0.2, 0.25) is 11.6 Å². The number of nitrogens with one attached hydrogen (secondary N) is 1. The molecule has 4 N–H and O–H groups in total. The Labute approximate surface area is 305 Å². The van der Waals surface area contributed by atoms with Crippen molar-refractivity contribution in [2.24, 2.45) is 17.6 Å². The van der Waals surface area contributed by atoms with Gasteiger partial charge in [-0.25, -0.2) is 4.79 Å². The molecule has 2 aliphatic heterocycles. The van der Waals surface area contributed by atoms with E-state index in [1.165, 1.54) is 27.4 Å². The van der Waals surface area contributed by atoms with E-state index >= 15 is 0 Å². The number of fused-ring (bicyclic) bond motifs is 2. The highest BCUT2D eigenvalue weighted by molar-refractivity contribution is 6.39. The van der Waals surface area contributed by atoms with Crippen LogP contribution in [-0.4, -0.2) is 101 Å². The molecule has 1 aliphatic carbocycles. The fraction of sp³-hybridized carbons (Fsp3) is 0.487. The first-order valence-corrected chi connectivity index (χ1v) is 17.4. The van der Waals surface area contributed by atoms with Crippen molar-refractivity contribution >= 4 is 34.8 Å². The predicted molar refractivity (Wildman–Crippen MR) is 195 cm³/mol. The number of nitrogens with zero attached hydrogens (tertiary/aromatic N) is 1. The largest absolute Gasteiger partial charge is 0.492 e. The summed E-state index contributed by atoms with van der Waals surface area (Å²) in [6, 6.07) is 7.25. The number of aliphatic hydroxyl groups is 1. The second kappa shape index (κ2) is 18.3. The molecule has 1 aromatic carbocycles. The maximum atomic E-state index is 14.4. The first kappa shape index (κ1) is 40.2. The monoisotopic (exact) mass is 721 g/mol. The van der Waals surface area contributed by atoms with E-state index in [2.05, 4.69) is 10.2 Å². The Balaban J connectivity index is 1.83. The highest BCUT2D eigenvalue weighted by atomic mass is 16.6. The third-order valence-corrected chi connectivity index (χ3v) is 9.64. The van der Waals surface area contributed by atoms with Gasteiger partial charge in [-0.1, -0.05) is 50.3 Å². The highest BCUT2D eigenvalue weighted by Gasteiger charge is 2.39. The average molecular weight is 722 g/mol. The minimum absolute atomic E-state index is 0.0146. The molecule has 1 saturated heterocycles. The maximum Gasteiger partial charge on any atom is 0.405 e. The summed E-state index contributed by atoms with van der Waals surface area (Å²) in [6.45, 7) is 9.64. The molecule has 13 heteroatoms. The van der Waals surface area contributed by atoms with Crippen LogP contribution in [0.25, 0.3) is 5.57 Å². The van der Waals surface area contributed by atoms with Gasteiger partial charge in [-0.15, -0.1) is 0 Å². The number of amides is 2. The predicted octanol–water partition coefficient (Wildman–Crippen LogP) is 3.77. The lowest BCUT2D eigenvalue weighted by Gasteiger charge is -2.30. The molecular formula is C39H51N3O10. The number of methoxy groups -OCH3 is 3.